The molecule has 1 heterocycles. The molecule has 17 heavy (non-hydrogen) atoms. The Labute approximate surface area is 102 Å². The van der Waals surface area contributed by atoms with E-state index in [4.69, 9.17) is 9.52 Å². The van der Waals surface area contributed by atoms with Crippen LogP contribution in [0, 0.1) is 5.92 Å². The van der Waals surface area contributed by atoms with Gasteiger partial charge in [0, 0.05) is 6.04 Å². The minimum atomic E-state index is -1.02. The van der Waals surface area contributed by atoms with Crippen molar-refractivity contribution in [2.75, 3.05) is 7.05 Å². The molecule has 0 saturated carbocycles. The van der Waals surface area contributed by atoms with E-state index in [0.29, 0.717) is 24.3 Å². The van der Waals surface area contributed by atoms with Crippen LogP contribution in [0.1, 0.15) is 43.5 Å². The molecule has 1 N–H and O–H groups in total. The van der Waals surface area contributed by atoms with Crippen molar-refractivity contribution in [2.24, 2.45) is 5.92 Å². The van der Waals surface area contributed by atoms with E-state index in [1.54, 1.807) is 6.07 Å². The Hall–Kier alpha value is -1.29. The van der Waals surface area contributed by atoms with Gasteiger partial charge in [-0.3, -0.25) is 4.90 Å². The number of carbonyl (C=O) groups is 1. The van der Waals surface area contributed by atoms with Gasteiger partial charge in [0.05, 0.1) is 6.54 Å². The third-order valence-corrected chi connectivity index (χ3v) is 2.84. The molecule has 0 radical (unpaired) electrons. The van der Waals surface area contributed by atoms with E-state index in [9.17, 15) is 4.79 Å². The van der Waals surface area contributed by atoms with Crippen molar-refractivity contribution in [1.29, 1.82) is 0 Å². The van der Waals surface area contributed by atoms with Gasteiger partial charge in [0.2, 0.25) is 5.76 Å². The SMILES string of the molecule is CC(C)CC(C)N(C)Cc1ccc(C(=O)O)o1. The van der Waals surface area contributed by atoms with Gasteiger partial charge in [0.1, 0.15) is 5.76 Å². The van der Waals surface area contributed by atoms with Gasteiger partial charge in [0.25, 0.3) is 0 Å². The predicted octanol–water partition coefficient (Wildman–Crippen LogP) is 2.84. The van der Waals surface area contributed by atoms with Crippen molar-refractivity contribution in [1.82, 2.24) is 4.90 Å². The van der Waals surface area contributed by atoms with Gasteiger partial charge < -0.3 is 9.52 Å². The van der Waals surface area contributed by atoms with Crippen LogP contribution in [-0.4, -0.2) is 29.1 Å². The Morgan fingerprint density at radius 1 is 1.41 bits per heavy atom. The average Bonchev–Trinajstić information content (AvgIpc) is 2.65. The quantitative estimate of drug-likeness (QED) is 0.829. The molecule has 0 aliphatic heterocycles. The molecule has 0 saturated heterocycles. The molecule has 0 amide bonds. The highest BCUT2D eigenvalue weighted by molar-refractivity contribution is 5.84. The Morgan fingerprint density at radius 3 is 2.53 bits per heavy atom. The number of carboxylic acid groups (broad SMARTS) is 1. The van der Waals surface area contributed by atoms with E-state index >= 15 is 0 Å². The second kappa shape index (κ2) is 5.87. The fourth-order valence-electron chi connectivity index (χ4n) is 1.84. The largest absolute Gasteiger partial charge is 0.475 e. The van der Waals surface area contributed by atoms with Gasteiger partial charge in [-0.05, 0) is 38.4 Å². The summed E-state index contributed by atoms with van der Waals surface area (Å²) in [6.45, 7) is 7.20. The lowest BCUT2D eigenvalue weighted by Crippen LogP contribution is -2.29. The van der Waals surface area contributed by atoms with E-state index in [0.717, 1.165) is 6.42 Å². The molecule has 1 aromatic heterocycles. The van der Waals surface area contributed by atoms with Crippen LogP contribution in [0.25, 0.3) is 0 Å². The molecule has 96 valence electrons. The van der Waals surface area contributed by atoms with E-state index in [1.807, 2.05) is 7.05 Å². The van der Waals surface area contributed by atoms with Crippen molar-refractivity contribution in [3.63, 3.8) is 0 Å². The van der Waals surface area contributed by atoms with E-state index in [1.165, 1.54) is 6.07 Å². The van der Waals surface area contributed by atoms with Gasteiger partial charge >= 0.3 is 5.97 Å². The summed E-state index contributed by atoms with van der Waals surface area (Å²) in [5, 5.41) is 8.75. The van der Waals surface area contributed by atoms with Gasteiger partial charge in [0.15, 0.2) is 0 Å². The van der Waals surface area contributed by atoms with E-state index in [2.05, 4.69) is 25.7 Å². The molecular formula is C13H21NO3. The fraction of sp³-hybridized carbons (Fsp3) is 0.615. The summed E-state index contributed by atoms with van der Waals surface area (Å²) in [5.41, 5.74) is 0. The number of aromatic carboxylic acids is 1. The molecule has 1 atom stereocenters. The van der Waals surface area contributed by atoms with Crippen LogP contribution in [0.2, 0.25) is 0 Å². The molecular weight excluding hydrogens is 218 g/mol. The second-order valence-electron chi connectivity index (χ2n) is 4.96. The molecule has 0 aliphatic rings. The van der Waals surface area contributed by atoms with Crippen molar-refractivity contribution >= 4 is 5.97 Å². The summed E-state index contributed by atoms with van der Waals surface area (Å²) in [4.78, 5) is 12.8. The lowest BCUT2D eigenvalue weighted by atomic mass is 10.0. The molecule has 0 spiro atoms. The molecule has 1 unspecified atom stereocenters. The highest BCUT2D eigenvalue weighted by atomic mass is 16.4. The third-order valence-electron chi connectivity index (χ3n) is 2.84. The van der Waals surface area contributed by atoms with Crippen LogP contribution in [-0.2, 0) is 6.54 Å². The molecule has 1 aromatic rings. The number of rotatable bonds is 6. The topological polar surface area (TPSA) is 53.7 Å². The van der Waals surface area contributed by atoms with Crippen LogP contribution >= 0.6 is 0 Å². The number of hydrogen-bond acceptors (Lipinski definition) is 3. The van der Waals surface area contributed by atoms with Gasteiger partial charge in [-0.1, -0.05) is 13.8 Å². The van der Waals surface area contributed by atoms with Crippen LogP contribution < -0.4 is 0 Å². The first kappa shape index (κ1) is 13.8. The number of carboxylic acids is 1. The zero-order valence-electron chi connectivity index (χ0n) is 10.9. The normalized spacial score (nSPS) is 13.3. The number of nitrogens with zero attached hydrogens (tertiary/aromatic N) is 1. The zero-order chi connectivity index (χ0) is 13.0. The lowest BCUT2D eigenvalue weighted by Gasteiger charge is -2.25. The summed E-state index contributed by atoms with van der Waals surface area (Å²) in [7, 11) is 2.02. The second-order valence-corrected chi connectivity index (χ2v) is 4.96. The van der Waals surface area contributed by atoms with Crippen molar-refractivity contribution in [3.05, 3.63) is 23.7 Å². The molecule has 0 fully saturated rings. The Balaban J connectivity index is 2.55. The minimum absolute atomic E-state index is 0.00455. The zero-order valence-corrected chi connectivity index (χ0v) is 10.9. The summed E-state index contributed by atoms with van der Waals surface area (Å²) in [6.07, 6.45) is 1.11. The molecule has 4 heteroatoms. The summed E-state index contributed by atoms with van der Waals surface area (Å²) in [6, 6.07) is 3.68. The highest BCUT2D eigenvalue weighted by Crippen LogP contribution is 2.15. The smallest absolute Gasteiger partial charge is 0.371 e. The predicted molar refractivity (Wildman–Crippen MR) is 66.1 cm³/mol. The van der Waals surface area contributed by atoms with Gasteiger partial charge in [-0.2, -0.15) is 0 Å². The van der Waals surface area contributed by atoms with E-state index in [-0.39, 0.29) is 5.76 Å². The first-order valence-corrected chi connectivity index (χ1v) is 5.92. The van der Waals surface area contributed by atoms with Crippen LogP contribution in [0.4, 0.5) is 0 Å². The fourth-order valence-corrected chi connectivity index (χ4v) is 1.84. The van der Waals surface area contributed by atoms with Crippen molar-refractivity contribution in [2.45, 2.75) is 39.8 Å². The first-order valence-electron chi connectivity index (χ1n) is 5.92. The summed E-state index contributed by atoms with van der Waals surface area (Å²) < 4.78 is 5.23. The van der Waals surface area contributed by atoms with Crippen molar-refractivity contribution in [3.8, 4) is 0 Å². The lowest BCUT2D eigenvalue weighted by molar-refractivity contribution is 0.0658. The Kier molecular flexibility index (Phi) is 4.75. The summed E-state index contributed by atoms with van der Waals surface area (Å²) >= 11 is 0. The first-order chi connectivity index (χ1) is 7.90. The molecule has 0 aliphatic carbocycles. The highest BCUT2D eigenvalue weighted by Gasteiger charge is 2.14. The Morgan fingerprint density at radius 2 is 2.06 bits per heavy atom. The van der Waals surface area contributed by atoms with Gasteiger partial charge in [-0.25, -0.2) is 4.79 Å². The Bertz CT molecular complexity index is 370. The van der Waals surface area contributed by atoms with Crippen molar-refractivity contribution < 1.29 is 14.3 Å². The monoisotopic (exact) mass is 239 g/mol. The molecule has 4 nitrogen and oxygen atoms in total. The van der Waals surface area contributed by atoms with Gasteiger partial charge in [-0.15, -0.1) is 0 Å². The summed E-state index contributed by atoms with van der Waals surface area (Å²) in [5.74, 6) is 0.332. The average molecular weight is 239 g/mol. The standard InChI is InChI=1S/C13H21NO3/c1-9(2)7-10(3)14(4)8-11-5-6-12(17-11)13(15)16/h5-6,9-10H,7-8H2,1-4H3,(H,15,16). The van der Waals surface area contributed by atoms with Crippen LogP contribution in [0.15, 0.2) is 16.5 Å². The van der Waals surface area contributed by atoms with E-state index < -0.39 is 5.97 Å². The van der Waals surface area contributed by atoms with Crippen LogP contribution in [0.5, 0.6) is 0 Å². The minimum Gasteiger partial charge on any atom is -0.475 e. The molecule has 0 aromatic carbocycles. The molecule has 1 rings (SSSR count). The maximum atomic E-state index is 10.7. The molecule has 0 bridgehead atoms. The third kappa shape index (κ3) is 4.23. The number of furan rings is 1. The maximum absolute atomic E-state index is 10.7. The van der Waals surface area contributed by atoms with Crippen LogP contribution in [0.3, 0.4) is 0 Å². The maximum Gasteiger partial charge on any atom is 0.371 e. The number of hydrogen-bond donors (Lipinski definition) is 1.